The first-order valence-electron chi connectivity index (χ1n) is 12.4. The first-order valence-corrected chi connectivity index (χ1v) is 13.3. The van der Waals surface area contributed by atoms with Crippen LogP contribution < -0.4 is 0 Å². The van der Waals surface area contributed by atoms with Crippen molar-refractivity contribution in [1.29, 1.82) is 0 Å². The fourth-order valence-electron chi connectivity index (χ4n) is 5.90. The number of carbonyl (C=O) groups excluding carboxylic acids is 3. The molecule has 3 rings (SSSR count). The average Bonchev–Trinajstić information content (AvgIpc) is 3.42. The summed E-state index contributed by atoms with van der Waals surface area (Å²) in [5, 5.41) is 9.06. The number of nitrogens with zero attached hydrogens (tertiary/aromatic N) is 2. The second-order valence-electron chi connectivity index (χ2n) is 10.6. The van der Waals surface area contributed by atoms with E-state index < -0.39 is 28.2 Å². The Morgan fingerprint density at radius 2 is 1.94 bits per heavy atom. The topological polar surface area (TPSA) is 87.2 Å². The van der Waals surface area contributed by atoms with Gasteiger partial charge >= 0.3 is 5.97 Å². The molecular formula is C26H40N2O5S. The van der Waals surface area contributed by atoms with Crippen LogP contribution in [0.1, 0.15) is 59.3 Å². The van der Waals surface area contributed by atoms with Crippen molar-refractivity contribution < 1.29 is 24.2 Å². The third-order valence-corrected chi connectivity index (χ3v) is 9.30. The Balaban J connectivity index is 1.95. The fraction of sp³-hybridized carbons (Fsp3) is 0.731. The van der Waals surface area contributed by atoms with Crippen LogP contribution in [0.2, 0.25) is 0 Å². The van der Waals surface area contributed by atoms with E-state index in [0.717, 1.165) is 38.5 Å². The monoisotopic (exact) mass is 492 g/mol. The fourth-order valence-corrected chi connectivity index (χ4v) is 8.10. The van der Waals surface area contributed by atoms with Gasteiger partial charge in [0.1, 0.15) is 12.6 Å². The van der Waals surface area contributed by atoms with Gasteiger partial charge in [0.25, 0.3) is 0 Å². The molecule has 0 aliphatic carbocycles. The number of esters is 1. The zero-order valence-electron chi connectivity index (χ0n) is 20.8. The number of aliphatic hydroxyl groups excluding tert-OH is 1. The van der Waals surface area contributed by atoms with Crippen LogP contribution in [-0.2, 0) is 19.1 Å². The molecule has 0 aromatic carbocycles. The summed E-state index contributed by atoms with van der Waals surface area (Å²) in [7, 11) is 0. The molecule has 34 heavy (non-hydrogen) atoms. The zero-order valence-corrected chi connectivity index (χ0v) is 21.6. The minimum absolute atomic E-state index is 0.00393. The van der Waals surface area contributed by atoms with Gasteiger partial charge in [-0.15, -0.1) is 18.3 Å². The highest BCUT2D eigenvalue weighted by atomic mass is 32.2. The number of unbranched alkanes of at least 4 members (excludes halogenated alkanes) is 3. The van der Waals surface area contributed by atoms with E-state index in [0.29, 0.717) is 13.1 Å². The Bertz CT molecular complexity index is 810. The van der Waals surface area contributed by atoms with E-state index in [2.05, 4.69) is 13.2 Å². The van der Waals surface area contributed by atoms with Crippen molar-refractivity contribution in [3.05, 3.63) is 25.3 Å². The number of amides is 2. The number of aliphatic hydroxyl groups is 1. The van der Waals surface area contributed by atoms with Crippen molar-refractivity contribution in [2.75, 3.05) is 26.3 Å². The highest BCUT2D eigenvalue weighted by molar-refractivity contribution is 8.02. The van der Waals surface area contributed by atoms with Crippen LogP contribution in [-0.4, -0.2) is 80.6 Å². The smallest absolute Gasteiger partial charge is 0.311 e. The molecule has 0 aromatic heterocycles. The van der Waals surface area contributed by atoms with Crippen molar-refractivity contribution in [3.63, 3.8) is 0 Å². The third kappa shape index (κ3) is 4.81. The van der Waals surface area contributed by atoms with Gasteiger partial charge in [0.05, 0.1) is 16.6 Å². The lowest BCUT2D eigenvalue weighted by Crippen LogP contribution is -2.58. The van der Waals surface area contributed by atoms with E-state index in [1.165, 1.54) is 6.08 Å². The number of fused-ring (bicyclic) bond motifs is 1. The molecule has 2 bridgehead atoms. The predicted octanol–water partition coefficient (Wildman–Crippen LogP) is 3.17. The van der Waals surface area contributed by atoms with Gasteiger partial charge in [-0.25, -0.2) is 0 Å². The molecule has 190 valence electrons. The zero-order chi connectivity index (χ0) is 25.1. The van der Waals surface area contributed by atoms with Gasteiger partial charge in [0, 0.05) is 30.5 Å². The van der Waals surface area contributed by atoms with Crippen molar-refractivity contribution in [2.45, 2.75) is 80.9 Å². The van der Waals surface area contributed by atoms with Gasteiger partial charge in [-0.2, -0.15) is 0 Å². The summed E-state index contributed by atoms with van der Waals surface area (Å²) < 4.78 is 4.80. The quantitative estimate of drug-likeness (QED) is 0.256. The Hall–Kier alpha value is -1.80. The second kappa shape index (κ2) is 10.9. The highest BCUT2D eigenvalue weighted by Gasteiger charge is 2.74. The summed E-state index contributed by atoms with van der Waals surface area (Å²) >= 11 is 1.66. The van der Waals surface area contributed by atoms with Crippen molar-refractivity contribution in [2.24, 2.45) is 11.8 Å². The van der Waals surface area contributed by atoms with Gasteiger partial charge in [-0.3, -0.25) is 14.4 Å². The maximum atomic E-state index is 14.2. The molecule has 3 aliphatic heterocycles. The standard InChI is InChI=1S/C26H40N2O5S/c1-6-14-28(25(3,4)5)23(31)21-26-13-12-18(34-26)19(24(32)33-17-7-2)20(26)22(30)27(21)15-10-8-9-11-16-29/h6-7,18-21,29H,1-2,8-17H2,3-5H3/t18-,19+,20-,21?,26?/m0/s1. The van der Waals surface area contributed by atoms with E-state index >= 15 is 0 Å². The molecule has 1 spiro atoms. The highest BCUT2D eigenvalue weighted by Crippen LogP contribution is 2.66. The molecular weight excluding hydrogens is 452 g/mol. The average molecular weight is 493 g/mol. The summed E-state index contributed by atoms with van der Waals surface area (Å²) in [5.41, 5.74) is -0.431. The number of hydrogen-bond acceptors (Lipinski definition) is 6. The number of carbonyl (C=O) groups is 3. The van der Waals surface area contributed by atoms with E-state index in [9.17, 15) is 14.4 Å². The van der Waals surface area contributed by atoms with Crippen LogP contribution >= 0.6 is 11.8 Å². The maximum Gasteiger partial charge on any atom is 0.311 e. The van der Waals surface area contributed by atoms with Crippen LogP contribution in [0, 0.1) is 11.8 Å². The van der Waals surface area contributed by atoms with E-state index in [4.69, 9.17) is 9.84 Å². The number of ether oxygens (including phenoxy) is 1. The Morgan fingerprint density at radius 3 is 2.56 bits per heavy atom. The van der Waals surface area contributed by atoms with Crippen LogP contribution in [0.15, 0.2) is 25.3 Å². The van der Waals surface area contributed by atoms with Crippen LogP contribution in [0.3, 0.4) is 0 Å². The van der Waals surface area contributed by atoms with Gasteiger partial charge in [0.15, 0.2) is 0 Å². The van der Waals surface area contributed by atoms with E-state index in [1.54, 1.807) is 22.7 Å². The largest absolute Gasteiger partial charge is 0.461 e. The molecule has 0 saturated carbocycles. The number of likely N-dealkylation sites (tertiary alicyclic amines) is 1. The first-order chi connectivity index (χ1) is 16.1. The molecule has 0 radical (unpaired) electrons. The molecule has 3 heterocycles. The molecule has 8 heteroatoms. The molecule has 0 aromatic rings. The van der Waals surface area contributed by atoms with Crippen LogP contribution in [0.5, 0.6) is 0 Å². The van der Waals surface area contributed by atoms with Crippen molar-refractivity contribution in [1.82, 2.24) is 9.80 Å². The van der Waals surface area contributed by atoms with Crippen molar-refractivity contribution in [3.8, 4) is 0 Å². The third-order valence-electron chi connectivity index (χ3n) is 7.34. The molecule has 3 saturated heterocycles. The van der Waals surface area contributed by atoms with Gasteiger partial charge < -0.3 is 19.6 Å². The maximum absolute atomic E-state index is 14.2. The summed E-state index contributed by atoms with van der Waals surface area (Å²) in [4.78, 5) is 44.6. The number of thioether (sulfide) groups is 1. The second-order valence-corrected chi connectivity index (χ2v) is 12.2. The number of hydrogen-bond donors (Lipinski definition) is 1. The minimum atomic E-state index is -0.605. The minimum Gasteiger partial charge on any atom is -0.461 e. The first kappa shape index (κ1) is 26.8. The molecule has 3 fully saturated rings. The molecule has 2 amide bonds. The molecule has 7 nitrogen and oxygen atoms in total. The van der Waals surface area contributed by atoms with Crippen LogP contribution in [0.25, 0.3) is 0 Å². The SMILES string of the molecule is C=CCOC(=O)[C@@H]1[C@@H]2CCC3(S2)C(C(=O)N(CC=C)C(C)(C)C)N(CCCCCCO)C(=O)[C@H]13. The Labute approximate surface area is 208 Å². The Morgan fingerprint density at radius 1 is 1.24 bits per heavy atom. The van der Waals surface area contributed by atoms with Crippen LogP contribution in [0.4, 0.5) is 0 Å². The summed E-state index contributed by atoms with van der Waals surface area (Å²) in [6.07, 6.45) is 8.04. The molecule has 2 unspecified atom stereocenters. The summed E-state index contributed by atoms with van der Waals surface area (Å²) in [6.45, 7) is 14.6. The summed E-state index contributed by atoms with van der Waals surface area (Å²) in [6, 6.07) is -0.603. The molecule has 5 atom stereocenters. The molecule has 1 N–H and O–H groups in total. The van der Waals surface area contributed by atoms with Gasteiger partial charge in [-0.1, -0.05) is 31.6 Å². The van der Waals surface area contributed by atoms with E-state index in [1.807, 2.05) is 25.7 Å². The predicted molar refractivity (Wildman–Crippen MR) is 134 cm³/mol. The number of rotatable bonds is 12. The summed E-state index contributed by atoms with van der Waals surface area (Å²) in [5.74, 6) is -1.57. The van der Waals surface area contributed by atoms with Gasteiger partial charge in [-0.05, 0) is 46.5 Å². The van der Waals surface area contributed by atoms with E-state index in [-0.39, 0.29) is 36.2 Å². The molecule has 3 aliphatic rings. The van der Waals surface area contributed by atoms with Gasteiger partial charge in [0.2, 0.25) is 11.8 Å². The Kier molecular flexibility index (Phi) is 8.56. The van der Waals surface area contributed by atoms with Crippen molar-refractivity contribution >= 4 is 29.5 Å². The lowest BCUT2D eigenvalue weighted by molar-refractivity contribution is -0.153. The lowest BCUT2D eigenvalue weighted by atomic mass is 9.71. The normalized spacial score (nSPS) is 29.8. The lowest BCUT2D eigenvalue weighted by Gasteiger charge is -2.42.